The summed E-state index contributed by atoms with van der Waals surface area (Å²) in [6, 6.07) is 11.3. The van der Waals surface area contributed by atoms with Gasteiger partial charge in [-0.15, -0.1) is 11.6 Å². The van der Waals surface area contributed by atoms with Crippen LogP contribution in [0.25, 0.3) is 0 Å². The predicted octanol–water partition coefficient (Wildman–Crippen LogP) is 4.60. The summed E-state index contributed by atoms with van der Waals surface area (Å²) < 4.78 is 6.31. The van der Waals surface area contributed by atoms with Crippen LogP contribution in [0.1, 0.15) is 16.5 Å². The Morgan fingerprint density at radius 3 is 2.67 bits per heavy atom. The second-order valence-corrected chi connectivity index (χ2v) is 6.63. The number of hydrogen-bond donors (Lipinski definition) is 1. The van der Waals surface area contributed by atoms with E-state index in [1.165, 1.54) is 0 Å². The molecule has 2 aromatic rings. The van der Waals surface area contributed by atoms with E-state index in [4.69, 9.17) is 27.9 Å². The summed E-state index contributed by atoms with van der Waals surface area (Å²) in [5.74, 6) is 0.492. The molecule has 3 rings (SSSR count). The molecule has 0 saturated heterocycles. The summed E-state index contributed by atoms with van der Waals surface area (Å²) in [6.45, 7) is 0.0450. The Morgan fingerprint density at radius 1 is 1.19 bits per heavy atom. The molecule has 0 radical (unpaired) electrons. The minimum Gasteiger partial charge on any atom is -0.482 e. The van der Waals surface area contributed by atoms with Gasteiger partial charge in [-0.1, -0.05) is 23.7 Å². The number of benzene rings is 2. The van der Waals surface area contributed by atoms with Gasteiger partial charge in [-0.25, -0.2) is 0 Å². The molecule has 108 valence electrons. The molecular formula is C15H10Cl2INO2. The highest BCUT2D eigenvalue weighted by molar-refractivity contribution is 14.1. The largest absolute Gasteiger partial charge is 0.482 e. The zero-order chi connectivity index (χ0) is 15.0. The molecule has 0 aliphatic carbocycles. The lowest BCUT2D eigenvalue weighted by Gasteiger charge is -2.20. The fourth-order valence-electron chi connectivity index (χ4n) is 2.12. The highest BCUT2D eigenvalue weighted by atomic mass is 127. The highest BCUT2D eigenvalue weighted by Gasteiger charge is 2.19. The molecule has 1 heterocycles. The van der Waals surface area contributed by atoms with Crippen molar-refractivity contribution < 1.29 is 9.53 Å². The normalized spacial score (nSPS) is 14.9. The molecular weight excluding hydrogens is 424 g/mol. The van der Waals surface area contributed by atoms with Gasteiger partial charge in [0.2, 0.25) is 0 Å². The number of halogens is 3. The first-order chi connectivity index (χ1) is 10.0. The lowest BCUT2D eigenvalue weighted by Crippen LogP contribution is -2.25. The van der Waals surface area contributed by atoms with E-state index in [0.29, 0.717) is 16.5 Å². The van der Waals surface area contributed by atoms with Crippen LogP contribution in [0.5, 0.6) is 5.75 Å². The van der Waals surface area contributed by atoms with Crippen LogP contribution >= 0.6 is 45.8 Å². The number of hydrogen-bond acceptors (Lipinski definition) is 2. The van der Waals surface area contributed by atoms with Gasteiger partial charge in [-0.2, -0.15) is 0 Å². The van der Waals surface area contributed by atoms with Gasteiger partial charge < -0.3 is 10.1 Å². The number of carbonyl (C=O) groups excluding carboxylic acids is 1. The Morgan fingerprint density at radius 2 is 1.90 bits per heavy atom. The second kappa shape index (κ2) is 6.02. The zero-order valence-electron chi connectivity index (χ0n) is 10.7. The van der Waals surface area contributed by atoms with Crippen LogP contribution in [0.3, 0.4) is 0 Å². The van der Waals surface area contributed by atoms with Crippen molar-refractivity contribution in [2.24, 2.45) is 0 Å². The fraction of sp³-hybridized carbons (Fsp3) is 0.133. The third kappa shape index (κ3) is 3.12. The molecule has 1 N–H and O–H groups in total. The van der Waals surface area contributed by atoms with Crippen LogP contribution in [0.15, 0.2) is 36.4 Å². The van der Waals surface area contributed by atoms with Gasteiger partial charge >= 0.3 is 0 Å². The zero-order valence-corrected chi connectivity index (χ0v) is 14.4. The summed E-state index contributed by atoms with van der Waals surface area (Å²) in [5.41, 5.74) is 2.43. The van der Waals surface area contributed by atoms with Crippen molar-refractivity contribution in [2.45, 2.75) is 5.38 Å². The van der Waals surface area contributed by atoms with Gasteiger partial charge in [0.1, 0.15) is 5.75 Å². The standard InChI is InChI=1S/C15H10Cl2INO2/c16-10-5-8(1-3-11(10)18)15(17)9-2-4-13-12(6-9)19-14(20)7-21-13/h1-6,15H,7H2,(H,19,20). The van der Waals surface area contributed by atoms with Gasteiger partial charge in [-0.3, -0.25) is 4.79 Å². The van der Waals surface area contributed by atoms with Crippen molar-refractivity contribution in [1.82, 2.24) is 0 Å². The third-order valence-electron chi connectivity index (χ3n) is 3.17. The summed E-state index contributed by atoms with van der Waals surface area (Å²) >= 11 is 14.8. The SMILES string of the molecule is O=C1COc2ccc(C(Cl)c3ccc(I)c(Cl)c3)cc2N1. The number of amides is 1. The average molecular weight is 434 g/mol. The first kappa shape index (κ1) is 14.9. The Balaban J connectivity index is 1.94. The van der Waals surface area contributed by atoms with Crippen LogP contribution in [0, 0.1) is 3.57 Å². The van der Waals surface area contributed by atoms with Crippen molar-refractivity contribution in [2.75, 3.05) is 11.9 Å². The number of rotatable bonds is 2. The summed E-state index contributed by atoms with van der Waals surface area (Å²) in [5, 5.41) is 3.11. The molecule has 3 nitrogen and oxygen atoms in total. The number of anilines is 1. The molecule has 1 aliphatic rings. The van der Waals surface area contributed by atoms with Crippen LogP contribution in [0.2, 0.25) is 5.02 Å². The van der Waals surface area contributed by atoms with Crippen molar-refractivity contribution >= 4 is 57.4 Å². The smallest absolute Gasteiger partial charge is 0.262 e. The quantitative estimate of drug-likeness (QED) is 0.555. The lowest BCUT2D eigenvalue weighted by atomic mass is 10.0. The van der Waals surface area contributed by atoms with E-state index in [9.17, 15) is 4.79 Å². The molecule has 1 amide bonds. The Labute approximate surface area is 145 Å². The number of alkyl halides is 1. The van der Waals surface area contributed by atoms with Crippen LogP contribution in [0.4, 0.5) is 5.69 Å². The van der Waals surface area contributed by atoms with Crippen molar-refractivity contribution in [1.29, 1.82) is 0 Å². The minimum absolute atomic E-state index is 0.0450. The summed E-state index contributed by atoms with van der Waals surface area (Å²) in [6.07, 6.45) is 0. The average Bonchev–Trinajstić information content (AvgIpc) is 2.48. The highest BCUT2D eigenvalue weighted by Crippen LogP contribution is 2.36. The maximum absolute atomic E-state index is 11.4. The minimum atomic E-state index is -0.344. The number of ether oxygens (including phenoxy) is 1. The van der Waals surface area contributed by atoms with Gasteiger partial charge in [0.15, 0.2) is 6.61 Å². The number of fused-ring (bicyclic) bond motifs is 1. The molecule has 6 heteroatoms. The van der Waals surface area contributed by atoms with E-state index in [2.05, 4.69) is 27.9 Å². The van der Waals surface area contributed by atoms with E-state index in [1.54, 1.807) is 0 Å². The van der Waals surface area contributed by atoms with Gasteiger partial charge in [0, 0.05) is 3.57 Å². The van der Waals surface area contributed by atoms with Gasteiger partial charge in [-0.05, 0) is 58.0 Å². The molecule has 0 aromatic heterocycles. The predicted molar refractivity (Wildman–Crippen MR) is 92.4 cm³/mol. The van der Waals surface area contributed by atoms with Crippen LogP contribution in [-0.2, 0) is 4.79 Å². The summed E-state index contributed by atoms with van der Waals surface area (Å²) in [7, 11) is 0. The molecule has 0 bridgehead atoms. The van der Waals surface area contributed by atoms with E-state index in [0.717, 1.165) is 14.7 Å². The molecule has 2 aromatic carbocycles. The topological polar surface area (TPSA) is 38.3 Å². The monoisotopic (exact) mass is 433 g/mol. The van der Waals surface area contributed by atoms with E-state index in [1.807, 2.05) is 36.4 Å². The number of carbonyl (C=O) groups is 1. The Bertz CT molecular complexity index is 721. The molecule has 0 fully saturated rings. The first-order valence-electron chi connectivity index (χ1n) is 6.20. The van der Waals surface area contributed by atoms with E-state index >= 15 is 0 Å². The van der Waals surface area contributed by atoms with Gasteiger partial charge in [0.05, 0.1) is 16.1 Å². The lowest BCUT2D eigenvalue weighted by molar-refractivity contribution is -0.118. The molecule has 21 heavy (non-hydrogen) atoms. The maximum Gasteiger partial charge on any atom is 0.262 e. The molecule has 1 unspecified atom stereocenters. The van der Waals surface area contributed by atoms with Gasteiger partial charge in [0.25, 0.3) is 5.91 Å². The molecule has 1 atom stereocenters. The van der Waals surface area contributed by atoms with E-state index < -0.39 is 0 Å². The fourth-order valence-corrected chi connectivity index (χ4v) is 2.92. The maximum atomic E-state index is 11.4. The van der Waals surface area contributed by atoms with Crippen LogP contribution < -0.4 is 10.1 Å². The van der Waals surface area contributed by atoms with Crippen molar-refractivity contribution in [3.05, 3.63) is 56.1 Å². The molecule has 0 spiro atoms. The van der Waals surface area contributed by atoms with Crippen molar-refractivity contribution in [3.63, 3.8) is 0 Å². The molecule has 1 aliphatic heterocycles. The Hall–Kier alpha value is -0.980. The second-order valence-electron chi connectivity index (χ2n) is 4.63. The number of nitrogens with one attached hydrogen (secondary N) is 1. The first-order valence-corrected chi connectivity index (χ1v) is 8.09. The summed E-state index contributed by atoms with van der Waals surface area (Å²) in [4.78, 5) is 11.4. The van der Waals surface area contributed by atoms with E-state index in [-0.39, 0.29) is 17.9 Å². The molecule has 0 saturated carbocycles. The van der Waals surface area contributed by atoms with Crippen LogP contribution in [-0.4, -0.2) is 12.5 Å². The van der Waals surface area contributed by atoms with Crippen molar-refractivity contribution in [3.8, 4) is 5.75 Å². The Kier molecular flexibility index (Phi) is 4.28. The third-order valence-corrected chi connectivity index (χ3v) is 5.24.